The number of allylic oxidation sites excluding steroid dienone is 1. The molecule has 0 saturated carbocycles. The van der Waals surface area contributed by atoms with Crippen molar-refractivity contribution in [1.82, 2.24) is 4.57 Å². The van der Waals surface area contributed by atoms with Crippen LogP contribution in [0.1, 0.15) is 28.0 Å². The van der Waals surface area contributed by atoms with Gasteiger partial charge in [-0.1, -0.05) is 0 Å². The Bertz CT molecular complexity index is 390. The van der Waals surface area contributed by atoms with E-state index in [-0.39, 0.29) is 5.83 Å². The van der Waals surface area contributed by atoms with Crippen molar-refractivity contribution >= 4 is 12.4 Å². The van der Waals surface area contributed by atoms with Crippen molar-refractivity contribution < 1.29 is 9.18 Å². The lowest BCUT2D eigenvalue weighted by atomic mass is 10.0. The smallest absolute Gasteiger partial charge is 0.152 e. The first-order valence-corrected chi connectivity index (χ1v) is 4.22. The van der Waals surface area contributed by atoms with Gasteiger partial charge in [0.05, 0.1) is 0 Å². The first-order chi connectivity index (χ1) is 6.22. The van der Waals surface area contributed by atoms with E-state index < -0.39 is 0 Å². The van der Waals surface area contributed by atoms with Gasteiger partial charge in [-0.05, 0) is 12.5 Å². The van der Waals surface area contributed by atoms with Crippen molar-refractivity contribution in [2.75, 3.05) is 0 Å². The zero-order chi connectivity index (χ0) is 9.42. The number of halogens is 1. The Kier molecular flexibility index (Phi) is 1.79. The lowest BCUT2D eigenvalue weighted by Crippen LogP contribution is -2.01. The Morgan fingerprint density at radius 1 is 1.54 bits per heavy atom. The Morgan fingerprint density at radius 3 is 3.00 bits per heavy atom. The quantitative estimate of drug-likeness (QED) is 0.605. The number of rotatable bonds is 1. The van der Waals surface area contributed by atoms with Crippen LogP contribution >= 0.6 is 0 Å². The van der Waals surface area contributed by atoms with E-state index in [0.29, 0.717) is 18.4 Å². The van der Waals surface area contributed by atoms with Crippen molar-refractivity contribution in [3.8, 4) is 0 Å². The summed E-state index contributed by atoms with van der Waals surface area (Å²) in [5.74, 6) is -0.137. The monoisotopic (exact) mass is 179 g/mol. The van der Waals surface area contributed by atoms with Crippen LogP contribution in [0.5, 0.6) is 0 Å². The maximum atomic E-state index is 12.9. The number of hydrogen-bond acceptors (Lipinski definition) is 1. The number of carbonyl (C=O) groups excluding carboxylic acids is 1. The second-order valence-electron chi connectivity index (χ2n) is 3.26. The third kappa shape index (κ3) is 1.20. The molecule has 13 heavy (non-hydrogen) atoms. The van der Waals surface area contributed by atoms with Gasteiger partial charge in [-0.3, -0.25) is 4.79 Å². The highest BCUT2D eigenvalue weighted by Gasteiger charge is 2.17. The second kappa shape index (κ2) is 2.83. The number of fused-ring (bicyclic) bond motifs is 1. The molecule has 68 valence electrons. The van der Waals surface area contributed by atoms with Gasteiger partial charge < -0.3 is 4.57 Å². The predicted octanol–water partition coefficient (Wildman–Crippen LogP) is 2.09. The molecule has 0 bridgehead atoms. The summed E-state index contributed by atoms with van der Waals surface area (Å²) in [7, 11) is 1.88. The molecule has 0 saturated heterocycles. The molecule has 0 fully saturated rings. The zero-order valence-electron chi connectivity index (χ0n) is 7.38. The summed E-state index contributed by atoms with van der Waals surface area (Å²) in [5.41, 5.74) is 2.37. The summed E-state index contributed by atoms with van der Waals surface area (Å²) < 4.78 is 14.8. The fraction of sp³-hybridized carbons (Fsp3) is 0.300. The van der Waals surface area contributed by atoms with Crippen LogP contribution < -0.4 is 0 Å². The molecule has 1 aliphatic carbocycles. The van der Waals surface area contributed by atoms with Crippen LogP contribution in [0.2, 0.25) is 0 Å². The second-order valence-corrected chi connectivity index (χ2v) is 3.26. The summed E-state index contributed by atoms with van der Waals surface area (Å²) in [6.07, 6.45) is 5.11. The van der Waals surface area contributed by atoms with E-state index in [1.807, 2.05) is 11.6 Å². The van der Waals surface area contributed by atoms with E-state index in [9.17, 15) is 9.18 Å². The molecule has 0 unspecified atom stereocenters. The van der Waals surface area contributed by atoms with E-state index in [1.165, 1.54) is 6.08 Å². The number of aldehydes is 1. The number of nitrogens with zero attached hydrogens (tertiary/aromatic N) is 1. The maximum Gasteiger partial charge on any atom is 0.152 e. The molecule has 0 spiro atoms. The molecular formula is C10H10FNO. The Balaban J connectivity index is 2.63. The molecular weight excluding hydrogens is 169 g/mol. The first-order valence-electron chi connectivity index (χ1n) is 4.22. The standard InChI is InChI=1S/C10H10FNO/c1-12-5-7(6-13)9-4-8(11)2-3-10(9)12/h4-6H,2-3H2,1H3. The lowest BCUT2D eigenvalue weighted by molar-refractivity contribution is 0.112. The summed E-state index contributed by atoms with van der Waals surface area (Å²) in [4.78, 5) is 10.6. The van der Waals surface area contributed by atoms with Gasteiger partial charge in [0, 0.05) is 36.5 Å². The third-order valence-electron chi connectivity index (χ3n) is 2.41. The molecule has 2 nitrogen and oxygen atoms in total. The van der Waals surface area contributed by atoms with Crippen LogP contribution in [0, 0.1) is 0 Å². The molecule has 1 heterocycles. The minimum Gasteiger partial charge on any atom is -0.353 e. The van der Waals surface area contributed by atoms with Crippen molar-refractivity contribution in [2.45, 2.75) is 12.8 Å². The molecule has 3 heteroatoms. The summed E-state index contributed by atoms with van der Waals surface area (Å²) >= 11 is 0. The fourth-order valence-corrected chi connectivity index (χ4v) is 1.75. The predicted molar refractivity (Wildman–Crippen MR) is 48.2 cm³/mol. The molecule has 1 aromatic rings. The molecule has 0 atom stereocenters. The number of aromatic nitrogens is 1. The molecule has 0 aliphatic heterocycles. The van der Waals surface area contributed by atoms with E-state index in [0.717, 1.165) is 17.5 Å². The molecule has 1 aromatic heterocycles. The van der Waals surface area contributed by atoms with E-state index in [2.05, 4.69) is 0 Å². The van der Waals surface area contributed by atoms with Crippen molar-refractivity contribution in [3.63, 3.8) is 0 Å². The van der Waals surface area contributed by atoms with Crippen LogP contribution in [0.25, 0.3) is 6.08 Å². The summed E-state index contributed by atoms with van der Waals surface area (Å²) in [6.45, 7) is 0. The van der Waals surface area contributed by atoms with Gasteiger partial charge >= 0.3 is 0 Å². The van der Waals surface area contributed by atoms with Crippen LogP contribution in [0.15, 0.2) is 12.0 Å². The van der Waals surface area contributed by atoms with Crippen molar-refractivity contribution in [2.24, 2.45) is 7.05 Å². The molecule has 0 radical (unpaired) electrons. The van der Waals surface area contributed by atoms with Gasteiger partial charge in [0.2, 0.25) is 0 Å². The molecule has 0 aromatic carbocycles. The van der Waals surface area contributed by atoms with Crippen LogP contribution in [0.4, 0.5) is 4.39 Å². The Morgan fingerprint density at radius 2 is 2.31 bits per heavy atom. The zero-order valence-corrected chi connectivity index (χ0v) is 7.38. The molecule has 1 aliphatic rings. The van der Waals surface area contributed by atoms with E-state index in [1.54, 1.807) is 6.20 Å². The molecule has 2 rings (SSSR count). The van der Waals surface area contributed by atoms with Crippen LogP contribution in [-0.4, -0.2) is 10.9 Å². The largest absolute Gasteiger partial charge is 0.353 e. The minimum absolute atomic E-state index is 0.137. The topological polar surface area (TPSA) is 22.0 Å². The van der Waals surface area contributed by atoms with Gasteiger partial charge in [-0.15, -0.1) is 0 Å². The molecule has 0 amide bonds. The summed E-state index contributed by atoms with van der Waals surface area (Å²) in [6, 6.07) is 0. The fourth-order valence-electron chi connectivity index (χ4n) is 1.75. The van der Waals surface area contributed by atoms with Crippen LogP contribution in [-0.2, 0) is 13.5 Å². The minimum atomic E-state index is -0.137. The first kappa shape index (κ1) is 8.23. The number of aryl methyl sites for hydroxylation is 1. The number of carbonyl (C=O) groups is 1. The SMILES string of the molecule is Cn1cc(C=O)c2c1CCC(F)=C2. The van der Waals surface area contributed by atoms with Gasteiger partial charge in [-0.25, -0.2) is 4.39 Å². The van der Waals surface area contributed by atoms with Crippen molar-refractivity contribution in [3.05, 3.63) is 28.8 Å². The lowest BCUT2D eigenvalue weighted by Gasteiger charge is -2.09. The van der Waals surface area contributed by atoms with Gasteiger partial charge in [0.15, 0.2) is 6.29 Å². The Hall–Kier alpha value is -1.38. The average Bonchev–Trinajstić information content (AvgIpc) is 2.42. The highest BCUT2D eigenvalue weighted by molar-refractivity contribution is 5.83. The van der Waals surface area contributed by atoms with Gasteiger partial charge in [0.1, 0.15) is 5.83 Å². The number of hydrogen-bond donors (Lipinski definition) is 0. The normalized spacial score (nSPS) is 15.1. The van der Waals surface area contributed by atoms with Gasteiger partial charge in [-0.2, -0.15) is 0 Å². The van der Waals surface area contributed by atoms with E-state index in [4.69, 9.17) is 0 Å². The highest BCUT2D eigenvalue weighted by atomic mass is 19.1. The third-order valence-corrected chi connectivity index (χ3v) is 2.41. The van der Waals surface area contributed by atoms with Crippen LogP contribution in [0.3, 0.4) is 0 Å². The van der Waals surface area contributed by atoms with E-state index >= 15 is 0 Å². The Labute approximate surface area is 75.7 Å². The highest BCUT2D eigenvalue weighted by Crippen LogP contribution is 2.27. The maximum absolute atomic E-state index is 12.9. The average molecular weight is 179 g/mol. The van der Waals surface area contributed by atoms with Gasteiger partial charge in [0.25, 0.3) is 0 Å². The van der Waals surface area contributed by atoms with Crippen molar-refractivity contribution in [1.29, 1.82) is 0 Å². The molecule has 0 N–H and O–H groups in total. The summed E-state index contributed by atoms with van der Waals surface area (Å²) in [5, 5.41) is 0.